The highest BCUT2D eigenvalue weighted by Gasteiger charge is 2.26. The first-order valence-electron chi connectivity index (χ1n) is 6.44. The van der Waals surface area contributed by atoms with Crippen molar-refractivity contribution in [3.05, 3.63) is 69.2 Å². The molecule has 0 aromatic heterocycles. The molecule has 0 aliphatic rings. The third-order valence-corrected chi connectivity index (χ3v) is 3.76. The third kappa shape index (κ3) is 3.57. The highest BCUT2D eigenvalue weighted by Crippen LogP contribution is 2.30. The molecule has 2 nitrogen and oxygen atoms in total. The molecule has 0 fully saturated rings. The minimum atomic E-state index is -1.07. The maximum atomic E-state index is 13.2. The molecule has 116 valence electrons. The summed E-state index contributed by atoms with van der Waals surface area (Å²) in [5.74, 6) is -2.61. The molecule has 0 bridgehead atoms. The smallest absolute Gasteiger partial charge is 0.252 e. The Morgan fingerprint density at radius 2 is 1.73 bits per heavy atom. The van der Waals surface area contributed by atoms with Gasteiger partial charge in [-0.15, -0.1) is 0 Å². The van der Waals surface area contributed by atoms with Crippen molar-refractivity contribution in [1.82, 2.24) is 5.32 Å². The second kappa shape index (κ2) is 6.23. The summed E-state index contributed by atoms with van der Waals surface area (Å²) in [5, 5.41) is 3.63. The zero-order chi connectivity index (χ0) is 16.5. The molecule has 2 aromatic rings. The molecule has 22 heavy (non-hydrogen) atoms. The highest BCUT2D eigenvalue weighted by atomic mass is 35.5. The van der Waals surface area contributed by atoms with E-state index in [1.54, 1.807) is 32.0 Å². The maximum absolute atomic E-state index is 13.2. The van der Waals surface area contributed by atoms with Crippen molar-refractivity contribution in [2.75, 3.05) is 0 Å². The zero-order valence-electron chi connectivity index (χ0n) is 11.9. The van der Waals surface area contributed by atoms with E-state index in [0.717, 1.165) is 12.1 Å². The first kappa shape index (κ1) is 16.7. The van der Waals surface area contributed by atoms with Gasteiger partial charge in [0.25, 0.3) is 5.91 Å². The Kier molecular flexibility index (Phi) is 4.73. The molecule has 0 saturated heterocycles. The van der Waals surface area contributed by atoms with Crippen LogP contribution in [0, 0.1) is 11.6 Å². The van der Waals surface area contributed by atoms with Gasteiger partial charge in [-0.05, 0) is 49.7 Å². The SMILES string of the molecule is CC(C)(NC(=O)c1ccc(F)c(F)c1)c1ccc(Cl)cc1Cl. The number of carbonyl (C=O) groups excluding carboxylic acids is 1. The standard InChI is InChI=1S/C16H13Cl2F2NO/c1-16(2,11-5-4-10(17)8-12(11)18)21-15(22)9-3-6-13(19)14(20)7-9/h3-8H,1-2H3,(H,21,22). The van der Waals surface area contributed by atoms with Gasteiger partial charge in [-0.3, -0.25) is 4.79 Å². The van der Waals surface area contributed by atoms with Crippen molar-refractivity contribution in [2.45, 2.75) is 19.4 Å². The minimum absolute atomic E-state index is 0.0251. The van der Waals surface area contributed by atoms with Gasteiger partial charge in [0, 0.05) is 15.6 Å². The largest absolute Gasteiger partial charge is 0.343 e. The fourth-order valence-electron chi connectivity index (χ4n) is 2.06. The number of amides is 1. The zero-order valence-corrected chi connectivity index (χ0v) is 13.4. The summed E-state index contributed by atoms with van der Waals surface area (Å²) >= 11 is 12.0. The average molecular weight is 344 g/mol. The van der Waals surface area contributed by atoms with Gasteiger partial charge < -0.3 is 5.32 Å². The first-order chi connectivity index (χ1) is 10.2. The number of hydrogen-bond acceptors (Lipinski definition) is 1. The van der Waals surface area contributed by atoms with Crippen LogP contribution in [0.15, 0.2) is 36.4 Å². The van der Waals surface area contributed by atoms with Crippen molar-refractivity contribution in [2.24, 2.45) is 0 Å². The number of rotatable bonds is 3. The molecule has 1 amide bonds. The second-order valence-corrected chi connectivity index (χ2v) is 6.18. The van der Waals surface area contributed by atoms with Crippen LogP contribution in [-0.4, -0.2) is 5.91 Å². The highest BCUT2D eigenvalue weighted by molar-refractivity contribution is 6.35. The van der Waals surface area contributed by atoms with E-state index in [9.17, 15) is 13.6 Å². The van der Waals surface area contributed by atoms with E-state index in [-0.39, 0.29) is 5.56 Å². The van der Waals surface area contributed by atoms with E-state index in [2.05, 4.69) is 5.32 Å². The van der Waals surface area contributed by atoms with Crippen LogP contribution in [0.5, 0.6) is 0 Å². The molecular formula is C16H13Cl2F2NO. The molecule has 0 aliphatic carbocycles. The van der Waals surface area contributed by atoms with Gasteiger partial charge >= 0.3 is 0 Å². The van der Waals surface area contributed by atoms with E-state index in [4.69, 9.17) is 23.2 Å². The molecule has 0 radical (unpaired) electrons. The lowest BCUT2D eigenvalue weighted by Crippen LogP contribution is -2.41. The Morgan fingerprint density at radius 1 is 1.05 bits per heavy atom. The van der Waals surface area contributed by atoms with Gasteiger partial charge in [-0.25, -0.2) is 8.78 Å². The van der Waals surface area contributed by atoms with Crippen LogP contribution in [0.3, 0.4) is 0 Å². The number of carbonyl (C=O) groups is 1. The van der Waals surface area contributed by atoms with Crippen LogP contribution < -0.4 is 5.32 Å². The molecular weight excluding hydrogens is 331 g/mol. The molecule has 0 heterocycles. The van der Waals surface area contributed by atoms with E-state index >= 15 is 0 Å². The quantitative estimate of drug-likeness (QED) is 0.840. The van der Waals surface area contributed by atoms with Crippen molar-refractivity contribution in [3.63, 3.8) is 0 Å². The summed E-state index contributed by atoms with van der Waals surface area (Å²) in [6.07, 6.45) is 0. The van der Waals surface area contributed by atoms with Crippen LogP contribution in [0.25, 0.3) is 0 Å². The summed E-state index contributed by atoms with van der Waals surface area (Å²) in [6.45, 7) is 3.50. The predicted molar refractivity (Wildman–Crippen MR) is 83.3 cm³/mol. The second-order valence-electron chi connectivity index (χ2n) is 5.33. The topological polar surface area (TPSA) is 29.1 Å². The fraction of sp³-hybridized carbons (Fsp3) is 0.188. The molecule has 0 saturated carbocycles. The lowest BCUT2D eigenvalue weighted by molar-refractivity contribution is 0.0911. The van der Waals surface area contributed by atoms with Gasteiger partial charge in [0.2, 0.25) is 0 Å². The molecule has 6 heteroatoms. The van der Waals surface area contributed by atoms with Gasteiger partial charge in [0.05, 0.1) is 5.54 Å². The van der Waals surface area contributed by atoms with Crippen molar-refractivity contribution < 1.29 is 13.6 Å². The number of benzene rings is 2. The number of nitrogens with one attached hydrogen (secondary N) is 1. The van der Waals surface area contributed by atoms with Gasteiger partial charge in [-0.2, -0.15) is 0 Å². The monoisotopic (exact) mass is 343 g/mol. The van der Waals surface area contributed by atoms with E-state index in [1.165, 1.54) is 6.07 Å². The lowest BCUT2D eigenvalue weighted by Gasteiger charge is -2.28. The maximum Gasteiger partial charge on any atom is 0.252 e. The Labute approximate surface area is 137 Å². The summed E-state index contributed by atoms with van der Waals surface area (Å²) in [6, 6.07) is 7.92. The average Bonchev–Trinajstić information content (AvgIpc) is 2.40. The Balaban J connectivity index is 2.27. The van der Waals surface area contributed by atoms with Crippen LogP contribution >= 0.6 is 23.2 Å². The molecule has 1 N–H and O–H groups in total. The van der Waals surface area contributed by atoms with Crippen LogP contribution in [0.4, 0.5) is 8.78 Å². The number of hydrogen-bond donors (Lipinski definition) is 1. The molecule has 0 unspecified atom stereocenters. The molecule has 0 atom stereocenters. The van der Waals surface area contributed by atoms with E-state index in [1.807, 2.05) is 0 Å². The Hall–Kier alpha value is -1.65. The summed E-state index contributed by atoms with van der Waals surface area (Å²) in [5.41, 5.74) is -0.129. The van der Waals surface area contributed by atoms with E-state index < -0.39 is 23.1 Å². The molecule has 2 rings (SSSR count). The molecule has 2 aromatic carbocycles. The van der Waals surface area contributed by atoms with Crippen molar-refractivity contribution >= 4 is 29.1 Å². The Morgan fingerprint density at radius 3 is 2.32 bits per heavy atom. The first-order valence-corrected chi connectivity index (χ1v) is 7.19. The lowest BCUT2D eigenvalue weighted by atomic mass is 9.93. The third-order valence-electron chi connectivity index (χ3n) is 3.21. The van der Waals surface area contributed by atoms with Crippen LogP contribution in [0.2, 0.25) is 10.0 Å². The van der Waals surface area contributed by atoms with E-state index in [0.29, 0.717) is 15.6 Å². The Bertz CT molecular complexity index is 732. The normalized spacial score (nSPS) is 11.4. The van der Waals surface area contributed by atoms with Crippen LogP contribution in [-0.2, 0) is 5.54 Å². The molecule has 0 spiro atoms. The number of halogens is 4. The summed E-state index contributed by atoms with van der Waals surface area (Å²) in [4.78, 5) is 12.2. The minimum Gasteiger partial charge on any atom is -0.343 e. The predicted octanol–water partition coefficient (Wildman–Crippen LogP) is 4.94. The van der Waals surface area contributed by atoms with Gasteiger partial charge in [-0.1, -0.05) is 29.3 Å². The van der Waals surface area contributed by atoms with Crippen molar-refractivity contribution in [3.8, 4) is 0 Å². The fourth-order valence-corrected chi connectivity index (χ4v) is 2.70. The van der Waals surface area contributed by atoms with Crippen LogP contribution in [0.1, 0.15) is 29.8 Å². The van der Waals surface area contributed by atoms with Crippen molar-refractivity contribution in [1.29, 1.82) is 0 Å². The molecule has 0 aliphatic heterocycles. The summed E-state index contributed by atoms with van der Waals surface area (Å²) in [7, 11) is 0. The summed E-state index contributed by atoms with van der Waals surface area (Å²) < 4.78 is 26.1. The van der Waals surface area contributed by atoms with Gasteiger partial charge in [0.1, 0.15) is 0 Å². The van der Waals surface area contributed by atoms with Gasteiger partial charge in [0.15, 0.2) is 11.6 Å².